The number of hydrogen-bond donors (Lipinski definition) is 1. The number of carbonyl (C=O) groups excluding carboxylic acids is 2. The van der Waals surface area contributed by atoms with Gasteiger partial charge in [-0.15, -0.1) is 0 Å². The molecule has 4 fully saturated rings. The first-order chi connectivity index (χ1) is 9.09. The number of allylic oxidation sites excluding steroid dienone is 1. The van der Waals surface area contributed by atoms with Gasteiger partial charge in [0, 0.05) is 24.9 Å². The largest absolute Gasteiger partial charge is 0.468 e. The minimum absolute atomic E-state index is 0.0666. The molecule has 4 bridgehead atoms. The van der Waals surface area contributed by atoms with E-state index in [1.807, 2.05) is 13.0 Å². The molecule has 0 aromatic heterocycles. The van der Waals surface area contributed by atoms with Gasteiger partial charge < -0.3 is 9.84 Å². The Morgan fingerprint density at radius 3 is 2.95 bits per heavy atom. The van der Waals surface area contributed by atoms with Gasteiger partial charge in [-0.3, -0.25) is 14.5 Å². The van der Waals surface area contributed by atoms with Crippen molar-refractivity contribution in [3.8, 4) is 0 Å². The summed E-state index contributed by atoms with van der Waals surface area (Å²) in [7, 11) is 1.35. The fourth-order valence-electron chi connectivity index (χ4n) is 4.32. The second-order valence-corrected chi connectivity index (χ2v) is 5.72. The van der Waals surface area contributed by atoms with Crippen LogP contribution in [0.25, 0.3) is 0 Å². The van der Waals surface area contributed by atoms with E-state index < -0.39 is 5.41 Å². The van der Waals surface area contributed by atoms with Crippen molar-refractivity contribution >= 4 is 11.8 Å². The molecule has 0 aliphatic carbocycles. The van der Waals surface area contributed by atoms with Crippen LogP contribution in [0.5, 0.6) is 0 Å². The van der Waals surface area contributed by atoms with Crippen LogP contribution in [0.2, 0.25) is 0 Å². The van der Waals surface area contributed by atoms with Gasteiger partial charge in [0.2, 0.25) is 0 Å². The Morgan fingerprint density at radius 1 is 1.63 bits per heavy atom. The maximum absolute atomic E-state index is 12.3. The second-order valence-electron chi connectivity index (χ2n) is 5.72. The summed E-state index contributed by atoms with van der Waals surface area (Å²) < 4.78 is 4.95. The topological polar surface area (TPSA) is 66.8 Å². The maximum Gasteiger partial charge on any atom is 0.316 e. The van der Waals surface area contributed by atoms with Gasteiger partial charge in [-0.2, -0.15) is 0 Å². The summed E-state index contributed by atoms with van der Waals surface area (Å²) in [5.41, 5.74) is 0.180. The quantitative estimate of drug-likeness (QED) is 0.568. The molecule has 0 saturated carbocycles. The van der Waals surface area contributed by atoms with Gasteiger partial charge in [0.1, 0.15) is 5.41 Å². The number of hydrogen-bond acceptors (Lipinski definition) is 5. The van der Waals surface area contributed by atoms with Crippen molar-refractivity contribution in [1.29, 1.82) is 0 Å². The smallest absolute Gasteiger partial charge is 0.316 e. The van der Waals surface area contributed by atoms with Crippen LogP contribution >= 0.6 is 0 Å². The van der Waals surface area contributed by atoms with Gasteiger partial charge in [-0.05, 0) is 13.3 Å². The van der Waals surface area contributed by atoms with E-state index in [2.05, 4.69) is 4.90 Å². The number of fused-ring (bicyclic) bond motifs is 1. The number of rotatable bonds is 2. The molecule has 0 amide bonds. The third kappa shape index (κ3) is 1.37. The first kappa shape index (κ1) is 12.8. The summed E-state index contributed by atoms with van der Waals surface area (Å²) >= 11 is 0. The Bertz CT molecular complexity index is 472. The van der Waals surface area contributed by atoms with Crippen molar-refractivity contribution in [1.82, 2.24) is 4.90 Å². The molecule has 104 valence electrons. The lowest BCUT2D eigenvalue weighted by Gasteiger charge is -2.56. The average Bonchev–Trinajstić information content (AvgIpc) is 2.71. The maximum atomic E-state index is 12.3. The molecule has 19 heavy (non-hydrogen) atoms. The molecule has 1 unspecified atom stereocenters. The Hall–Kier alpha value is -1.20. The first-order valence-corrected chi connectivity index (χ1v) is 6.73. The van der Waals surface area contributed by atoms with Crippen molar-refractivity contribution < 1.29 is 19.4 Å². The highest BCUT2D eigenvalue weighted by atomic mass is 16.5. The highest BCUT2D eigenvalue weighted by Gasteiger charge is 2.67. The van der Waals surface area contributed by atoms with Gasteiger partial charge in [0.05, 0.1) is 19.8 Å². The summed E-state index contributed by atoms with van der Waals surface area (Å²) in [5, 5.41) is 9.92. The third-order valence-corrected chi connectivity index (χ3v) is 5.25. The fraction of sp³-hybridized carbons (Fsp3) is 0.714. The molecule has 4 aliphatic rings. The summed E-state index contributed by atoms with van der Waals surface area (Å²) in [5.74, 6) is -0.256. The number of esters is 1. The molecule has 1 N–H and O–H groups in total. The van der Waals surface area contributed by atoms with E-state index in [1.54, 1.807) is 0 Å². The lowest BCUT2D eigenvalue weighted by molar-refractivity contribution is -0.175. The van der Waals surface area contributed by atoms with Crippen molar-refractivity contribution in [3.05, 3.63) is 11.6 Å². The molecular formula is C14H19NO4. The summed E-state index contributed by atoms with van der Waals surface area (Å²) in [6.45, 7) is 2.42. The fourth-order valence-corrected chi connectivity index (χ4v) is 4.32. The van der Waals surface area contributed by atoms with E-state index in [9.17, 15) is 14.7 Å². The Balaban J connectivity index is 2.13. The number of methoxy groups -OCH3 is 1. The van der Waals surface area contributed by atoms with Crippen molar-refractivity contribution in [2.24, 2.45) is 11.3 Å². The van der Waals surface area contributed by atoms with Crippen LogP contribution in [0.15, 0.2) is 11.6 Å². The van der Waals surface area contributed by atoms with Gasteiger partial charge in [-0.1, -0.05) is 11.6 Å². The number of ether oxygens (including phenoxy) is 1. The predicted octanol–water partition coefficient (Wildman–Crippen LogP) is 0.130. The van der Waals surface area contributed by atoms with E-state index >= 15 is 0 Å². The molecule has 0 spiro atoms. The average molecular weight is 265 g/mol. The van der Waals surface area contributed by atoms with E-state index in [1.165, 1.54) is 7.11 Å². The lowest BCUT2D eigenvalue weighted by atomic mass is 9.60. The monoisotopic (exact) mass is 265 g/mol. The van der Waals surface area contributed by atoms with E-state index in [0.29, 0.717) is 12.8 Å². The number of piperidine rings is 3. The number of carbonyl (C=O) groups is 2. The number of Topliss-reactive ketones (excluding diaryl/α,β-unsaturated/α-hetero) is 1. The molecule has 5 atom stereocenters. The molecule has 0 aromatic rings. The Labute approximate surface area is 112 Å². The van der Waals surface area contributed by atoms with E-state index in [0.717, 1.165) is 12.1 Å². The van der Waals surface area contributed by atoms with Gasteiger partial charge in [-0.25, -0.2) is 0 Å². The normalized spacial score (nSPS) is 45.8. The van der Waals surface area contributed by atoms with Crippen LogP contribution in [-0.4, -0.2) is 54.1 Å². The highest BCUT2D eigenvalue weighted by Crippen LogP contribution is 2.56. The second kappa shape index (κ2) is 4.15. The standard InChI is InChI=1S/C14H19NO4/c1-3-8-6-15-10-4-9(8)14(7-16,13(18)19-2)12(15)5-11(10)17/h3,9-10,12,16H,4-7H2,1-2H3/t9-,10-,12-,14-/m0/s1. The summed E-state index contributed by atoms with van der Waals surface area (Å²) in [6.07, 6.45) is 2.99. The lowest BCUT2D eigenvalue weighted by Crippen LogP contribution is -2.66. The van der Waals surface area contributed by atoms with E-state index in [-0.39, 0.29) is 36.4 Å². The van der Waals surface area contributed by atoms with Crippen molar-refractivity contribution in [2.75, 3.05) is 20.3 Å². The van der Waals surface area contributed by atoms with Gasteiger partial charge in [0.25, 0.3) is 0 Å². The van der Waals surface area contributed by atoms with Crippen LogP contribution < -0.4 is 0 Å². The third-order valence-electron chi connectivity index (χ3n) is 5.25. The number of ketones is 1. The zero-order valence-electron chi connectivity index (χ0n) is 11.3. The Morgan fingerprint density at radius 2 is 2.37 bits per heavy atom. The number of aliphatic hydroxyl groups is 1. The highest BCUT2D eigenvalue weighted by molar-refractivity contribution is 5.91. The molecule has 5 nitrogen and oxygen atoms in total. The van der Waals surface area contributed by atoms with E-state index in [4.69, 9.17) is 4.74 Å². The predicted molar refractivity (Wildman–Crippen MR) is 67.3 cm³/mol. The Kier molecular flexibility index (Phi) is 2.80. The molecule has 4 rings (SSSR count). The van der Waals surface area contributed by atoms with Crippen LogP contribution in [0, 0.1) is 11.3 Å². The molecule has 0 aromatic carbocycles. The van der Waals surface area contributed by atoms with Crippen LogP contribution in [0.3, 0.4) is 0 Å². The van der Waals surface area contributed by atoms with Gasteiger partial charge in [0.15, 0.2) is 5.78 Å². The minimum Gasteiger partial charge on any atom is -0.468 e. The summed E-state index contributed by atoms with van der Waals surface area (Å²) in [6, 6.07) is -0.270. The number of aliphatic hydroxyl groups excluding tert-OH is 1. The molecule has 5 heteroatoms. The zero-order valence-corrected chi connectivity index (χ0v) is 11.3. The van der Waals surface area contributed by atoms with Crippen LogP contribution in [0.4, 0.5) is 0 Å². The minimum atomic E-state index is -0.961. The molecule has 4 aliphatic heterocycles. The first-order valence-electron chi connectivity index (χ1n) is 6.73. The van der Waals surface area contributed by atoms with Crippen LogP contribution in [-0.2, 0) is 14.3 Å². The summed E-state index contributed by atoms with van der Waals surface area (Å²) in [4.78, 5) is 26.5. The van der Waals surface area contributed by atoms with Crippen molar-refractivity contribution in [3.63, 3.8) is 0 Å². The van der Waals surface area contributed by atoms with Gasteiger partial charge >= 0.3 is 5.97 Å². The molecule has 4 saturated heterocycles. The SMILES string of the molecule is CC=C1CN2[C@H]3CC(=O)[C@@H]2C[C@@H]1[C@]3(CO)C(=O)OC. The zero-order chi connectivity index (χ0) is 13.8. The van der Waals surface area contributed by atoms with Crippen molar-refractivity contribution in [2.45, 2.75) is 31.8 Å². The molecule has 4 heterocycles. The number of nitrogens with zero attached hydrogens (tertiary/aromatic N) is 1. The van der Waals surface area contributed by atoms with Crippen LogP contribution in [0.1, 0.15) is 19.8 Å². The molecule has 0 radical (unpaired) electrons. The molecular weight excluding hydrogens is 246 g/mol.